The van der Waals surface area contributed by atoms with Crippen molar-refractivity contribution in [3.05, 3.63) is 34.9 Å². The lowest BCUT2D eigenvalue weighted by Crippen LogP contribution is -2.17. The molecule has 3 heteroatoms. The van der Waals surface area contributed by atoms with Crippen molar-refractivity contribution in [2.75, 3.05) is 0 Å². The van der Waals surface area contributed by atoms with Crippen LogP contribution in [-0.2, 0) is 0 Å². The number of halogens is 3. The third-order valence-electron chi connectivity index (χ3n) is 4.58. The molecule has 0 aliphatic heterocycles. The van der Waals surface area contributed by atoms with Gasteiger partial charge in [0, 0.05) is 10.4 Å². The van der Waals surface area contributed by atoms with E-state index >= 15 is 0 Å². The molecular formula is C14H17Cl3. The normalized spacial score (nSPS) is 32.2. The highest BCUT2D eigenvalue weighted by molar-refractivity contribution is 6.52. The SMILES string of the molecule is CCC1(C(C)c2ccc(Cl)cc2)C(C)C1(Cl)Cl. The minimum atomic E-state index is -0.596. The zero-order valence-electron chi connectivity index (χ0n) is 10.3. The molecule has 1 saturated carbocycles. The van der Waals surface area contributed by atoms with Crippen molar-refractivity contribution in [3.63, 3.8) is 0 Å². The van der Waals surface area contributed by atoms with Gasteiger partial charge in [0.05, 0.1) is 0 Å². The molecule has 0 spiro atoms. The van der Waals surface area contributed by atoms with Gasteiger partial charge in [-0.2, -0.15) is 0 Å². The fourth-order valence-electron chi connectivity index (χ4n) is 3.23. The molecule has 2 rings (SSSR count). The Kier molecular flexibility index (Phi) is 3.44. The van der Waals surface area contributed by atoms with Crippen LogP contribution in [0, 0.1) is 11.3 Å². The van der Waals surface area contributed by atoms with Crippen LogP contribution < -0.4 is 0 Å². The van der Waals surface area contributed by atoms with Crippen LogP contribution in [0.4, 0.5) is 0 Å². The molecule has 0 saturated heterocycles. The first-order valence-electron chi connectivity index (χ1n) is 6.01. The maximum absolute atomic E-state index is 6.43. The van der Waals surface area contributed by atoms with Crippen molar-refractivity contribution in [2.24, 2.45) is 11.3 Å². The summed E-state index contributed by atoms with van der Waals surface area (Å²) in [7, 11) is 0. The van der Waals surface area contributed by atoms with Gasteiger partial charge in [0.2, 0.25) is 0 Å². The van der Waals surface area contributed by atoms with Crippen LogP contribution >= 0.6 is 34.8 Å². The molecule has 1 aromatic carbocycles. The molecule has 1 aliphatic rings. The Morgan fingerprint density at radius 1 is 1.24 bits per heavy atom. The Bertz CT molecular complexity index is 410. The zero-order chi connectivity index (χ0) is 12.8. The summed E-state index contributed by atoms with van der Waals surface area (Å²) in [5.41, 5.74) is 1.25. The van der Waals surface area contributed by atoms with Gasteiger partial charge in [0.15, 0.2) is 0 Å². The van der Waals surface area contributed by atoms with Crippen LogP contribution in [0.1, 0.15) is 38.7 Å². The number of rotatable bonds is 3. The summed E-state index contributed by atoms with van der Waals surface area (Å²) in [6.45, 7) is 6.50. The second kappa shape index (κ2) is 4.33. The molecule has 0 heterocycles. The van der Waals surface area contributed by atoms with E-state index in [0.717, 1.165) is 11.4 Å². The van der Waals surface area contributed by atoms with Crippen molar-refractivity contribution >= 4 is 34.8 Å². The van der Waals surface area contributed by atoms with E-state index < -0.39 is 4.33 Å². The van der Waals surface area contributed by atoms with Crippen molar-refractivity contribution < 1.29 is 0 Å². The van der Waals surface area contributed by atoms with Gasteiger partial charge in [-0.25, -0.2) is 0 Å². The minimum Gasteiger partial charge on any atom is -0.101 e. The lowest BCUT2D eigenvalue weighted by atomic mass is 9.81. The molecule has 0 N–H and O–H groups in total. The number of hydrogen-bond acceptors (Lipinski definition) is 0. The number of benzene rings is 1. The van der Waals surface area contributed by atoms with Crippen molar-refractivity contribution in [1.82, 2.24) is 0 Å². The van der Waals surface area contributed by atoms with E-state index in [0.29, 0.717) is 11.8 Å². The molecular weight excluding hydrogens is 275 g/mol. The molecule has 1 aliphatic carbocycles. The Balaban J connectivity index is 2.32. The summed E-state index contributed by atoms with van der Waals surface area (Å²) in [5.74, 6) is 0.670. The fourth-order valence-corrected chi connectivity index (χ4v) is 4.55. The summed E-state index contributed by atoms with van der Waals surface area (Å²) in [4.78, 5) is 0. The first kappa shape index (κ1) is 13.5. The summed E-state index contributed by atoms with van der Waals surface area (Å²) in [6.07, 6.45) is 0.991. The fraction of sp³-hybridized carbons (Fsp3) is 0.571. The average molecular weight is 292 g/mol. The van der Waals surface area contributed by atoms with E-state index in [9.17, 15) is 0 Å². The molecule has 3 atom stereocenters. The summed E-state index contributed by atoms with van der Waals surface area (Å²) < 4.78 is -0.596. The molecule has 0 aromatic heterocycles. The average Bonchev–Trinajstić information content (AvgIpc) is 2.74. The van der Waals surface area contributed by atoms with Crippen LogP contribution in [0.15, 0.2) is 24.3 Å². The van der Waals surface area contributed by atoms with Gasteiger partial charge in [-0.05, 0) is 36.0 Å². The molecule has 1 aromatic rings. The molecule has 94 valence electrons. The predicted molar refractivity (Wildman–Crippen MR) is 76.2 cm³/mol. The minimum absolute atomic E-state index is 0.00998. The van der Waals surface area contributed by atoms with Crippen LogP contribution in [-0.4, -0.2) is 4.33 Å². The zero-order valence-corrected chi connectivity index (χ0v) is 12.6. The van der Waals surface area contributed by atoms with Crippen LogP contribution in [0.25, 0.3) is 0 Å². The number of hydrogen-bond donors (Lipinski definition) is 0. The quantitative estimate of drug-likeness (QED) is 0.630. The number of alkyl halides is 2. The van der Waals surface area contributed by atoms with Crippen LogP contribution in [0.2, 0.25) is 5.02 Å². The molecule has 0 amide bonds. The Labute approximate surface area is 118 Å². The smallest absolute Gasteiger partial charge is 0.101 e. The second-order valence-electron chi connectivity index (χ2n) is 5.01. The van der Waals surface area contributed by atoms with E-state index in [1.807, 2.05) is 12.1 Å². The Morgan fingerprint density at radius 3 is 2.06 bits per heavy atom. The Morgan fingerprint density at radius 2 is 1.71 bits per heavy atom. The van der Waals surface area contributed by atoms with Crippen LogP contribution in [0.5, 0.6) is 0 Å². The third-order valence-corrected chi connectivity index (χ3v) is 6.19. The first-order chi connectivity index (χ1) is 7.88. The van der Waals surface area contributed by atoms with Gasteiger partial charge in [0.25, 0.3) is 0 Å². The van der Waals surface area contributed by atoms with E-state index in [2.05, 4.69) is 32.9 Å². The van der Waals surface area contributed by atoms with E-state index in [4.69, 9.17) is 34.8 Å². The maximum atomic E-state index is 6.43. The highest BCUT2D eigenvalue weighted by Crippen LogP contribution is 2.75. The highest BCUT2D eigenvalue weighted by atomic mass is 35.5. The summed E-state index contributed by atoms with van der Waals surface area (Å²) in [5, 5.41) is 0.762. The van der Waals surface area contributed by atoms with E-state index in [1.54, 1.807) is 0 Å². The van der Waals surface area contributed by atoms with Gasteiger partial charge < -0.3 is 0 Å². The standard InChI is InChI=1S/C14H17Cl3/c1-4-13(10(3)14(13,16)17)9(2)11-5-7-12(15)8-6-11/h5-10H,4H2,1-3H3. The largest absolute Gasteiger partial charge is 0.128 e. The topological polar surface area (TPSA) is 0 Å². The third kappa shape index (κ3) is 1.80. The lowest BCUT2D eigenvalue weighted by molar-refractivity contribution is 0.372. The molecule has 1 fully saturated rings. The monoisotopic (exact) mass is 290 g/mol. The Hall–Kier alpha value is 0.0900. The molecule has 0 nitrogen and oxygen atoms in total. The molecule has 3 unspecified atom stereocenters. The summed E-state index contributed by atoms with van der Waals surface area (Å²) in [6, 6.07) is 7.99. The van der Waals surface area contributed by atoms with Crippen molar-refractivity contribution in [1.29, 1.82) is 0 Å². The van der Waals surface area contributed by atoms with E-state index in [1.165, 1.54) is 5.56 Å². The van der Waals surface area contributed by atoms with Gasteiger partial charge in [0.1, 0.15) is 4.33 Å². The van der Waals surface area contributed by atoms with Crippen LogP contribution in [0.3, 0.4) is 0 Å². The lowest BCUT2D eigenvalue weighted by Gasteiger charge is -2.25. The van der Waals surface area contributed by atoms with Gasteiger partial charge in [-0.3, -0.25) is 0 Å². The second-order valence-corrected chi connectivity index (χ2v) is 6.83. The van der Waals surface area contributed by atoms with Gasteiger partial charge in [-0.1, -0.05) is 44.5 Å². The van der Waals surface area contributed by atoms with Crippen molar-refractivity contribution in [2.45, 2.75) is 37.4 Å². The van der Waals surface area contributed by atoms with E-state index in [-0.39, 0.29) is 5.41 Å². The molecule has 0 radical (unpaired) electrons. The highest BCUT2D eigenvalue weighted by Gasteiger charge is 2.74. The maximum Gasteiger partial charge on any atom is 0.128 e. The van der Waals surface area contributed by atoms with Crippen molar-refractivity contribution in [3.8, 4) is 0 Å². The first-order valence-corrected chi connectivity index (χ1v) is 7.14. The van der Waals surface area contributed by atoms with Gasteiger partial charge in [-0.15, -0.1) is 23.2 Å². The predicted octanol–water partition coefficient (Wildman–Crippen LogP) is 5.66. The van der Waals surface area contributed by atoms with Gasteiger partial charge >= 0.3 is 0 Å². The summed E-state index contributed by atoms with van der Waals surface area (Å²) >= 11 is 18.8. The molecule has 17 heavy (non-hydrogen) atoms. The molecule has 0 bridgehead atoms.